The molecule has 3 rings (SSSR count). The van der Waals surface area contributed by atoms with Crippen LogP contribution in [0.4, 0.5) is 0 Å². The second kappa shape index (κ2) is 9.98. The van der Waals surface area contributed by atoms with Gasteiger partial charge >= 0.3 is 17.8 Å². The number of hydrogen-bond acceptors (Lipinski definition) is 6. The van der Waals surface area contributed by atoms with Gasteiger partial charge in [-0.25, -0.2) is 0 Å². The number of nitrogens with two attached hydrogens (primary N) is 1. The predicted octanol–water partition coefficient (Wildman–Crippen LogP) is 0.916. The summed E-state index contributed by atoms with van der Waals surface area (Å²) in [6.07, 6.45) is 0.567. The number of hydrogen-bond donors (Lipinski definition) is 4. The number of benzene rings is 1. The van der Waals surface area contributed by atoms with Gasteiger partial charge in [-0.05, 0) is 30.7 Å². The summed E-state index contributed by atoms with van der Waals surface area (Å²) in [5.41, 5.74) is 6.17. The van der Waals surface area contributed by atoms with Gasteiger partial charge in [0, 0.05) is 17.7 Å². The molecule has 3 amide bonds. The molecule has 0 saturated carbocycles. The minimum atomic E-state index is -1.17. The zero-order valence-corrected chi connectivity index (χ0v) is 18.0. The average molecular weight is 455 g/mol. The van der Waals surface area contributed by atoms with Crippen LogP contribution >= 0.6 is 0 Å². The molecule has 2 unspecified atom stereocenters. The number of carbonyl (C=O) groups excluding carboxylic acids is 3. The van der Waals surface area contributed by atoms with Crippen LogP contribution in [-0.2, 0) is 14.4 Å². The number of nitrogens with one attached hydrogen (secondary N) is 2. The summed E-state index contributed by atoms with van der Waals surface area (Å²) in [4.78, 5) is 52.5. The fraction of sp³-hybridized carbons (Fsp3) is 0.318. The minimum absolute atomic E-state index is 0.111. The number of furan rings is 1. The first-order valence-corrected chi connectivity index (χ1v) is 10.3. The Morgan fingerprint density at radius 1 is 1.21 bits per heavy atom. The molecule has 1 saturated heterocycles. The summed E-state index contributed by atoms with van der Waals surface area (Å²) in [6.45, 7) is 1.96. The zero-order chi connectivity index (χ0) is 24.1. The molecule has 5 N–H and O–H groups in total. The number of amidine groups is 1. The number of nitrogens with zero attached hydrogens (tertiary/aromatic N) is 2. The van der Waals surface area contributed by atoms with Gasteiger partial charge < -0.3 is 30.4 Å². The van der Waals surface area contributed by atoms with Crippen molar-refractivity contribution in [2.24, 2.45) is 5.73 Å². The Balaban J connectivity index is 1.88. The van der Waals surface area contributed by atoms with Gasteiger partial charge in [0.1, 0.15) is 23.8 Å². The summed E-state index contributed by atoms with van der Waals surface area (Å²) in [6, 6.07) is 8.15. The van der Waals surface area contributed by atoms with Crippen molar-refractivity contribution in [1.29, 1.82) is 5.41 Å². The first-order chi connectivity index (χ1) is 15.7. The summed E-state index contributed by atoms with van der Waals surface area (Å²) in [5, 5.41) is 19.6. The predicted molar refractivity (Wildman–Crippen MR) is 116 cm³/mol. The average Bonchev–Trinajstić information content (AvgIpc) is 3.32. The van der Waals surface area contributed by atoms with Gasteiger partial charge in [0.2, 0.25) is 0 Å². The highest BCUT2D eigenvalue weighted by Crippen LogP contribution is 2.28. The third-order valence-electron chi connectivity index (χ3n) is 5.29. The lowest BCUT2D eigenvalue weighted by atomic mass is 10.1. The molecule has 2 atom stereocenters. The van der Waals surface area contributed by atoms with E-state index >= 15 is 0 Å². The lowest BCUT2D eigenvalue weighted by Gasteiger charge is -2.42. The fourth-order valence-corrected chi connectivity index (χ4v) is 3.69. The largest absolute Gasteiger partial charge is 0.481 e. The van der Waals surface area contributed by atoms with E-state index in [-0.39, 0.29) is 30.2 Å². The number of carboxylic acids is 1. The number of carbonyl (C=O) groups is 4. The van der Waals surface area contributed by atoms with Crippen LogP contribution < -0.4 is 11.1 Å². The van der Waals surface area contributed by atoms with Crippen LogP contribution in [0.5, 0.6) is 0 Å². The van der Waals surface area contributed by atoms with Gasteiger partial charge in [0.15, 0.2) is 0 Å². The van der Waals surface area contributed by atoms with Crippen molar-refractivity contribution in [1.82, 2.24) is 15.1 Å². The lowest BCUT2D eigenvalue weighted by molar-refractivity contribution is -0.163. The number of aliphatic carboxylic acids is 1. The van der Waals surface area contributed by atoms with E-state index in [0.717, 1.165) is 4.90 Å². The molecule has 1 aromatic heterocycles. The van der Waals surface area contributed by atoms with E-state index < -0.39 is 42.3 Å². The summed E-state index contributed by atoms with van der Waals surface area (Å²) in [5.74, 6) is -3.26. The Morgan fingerprint density at radius 3 is 2.42 bits per heavy atom. The van der Waals surface area contributed by atoms with Crippen molar-refractivity contribution < 1.29 is 28.7 Å². The molecular weight excluding hydrogens is 430 g/mol. The van der Waals surface area contributed by atoms with Crippen LogP contribution in [0.15, 0.2) is 47.1 Å². The van der Waals surface area contributed by atoms with Crippen molar-refractivity contribution in [2.75, 3.05) is 13.1 Å². The van der Waals surface area contributed by atoms with Crippen molar-refractivity contribution in [2.45, 2.75) is 32.0 Å². The third-order valence-corrected chi connectivity index (χ3v) is 5.29. The number of piperazine rings is 1. The Hall–Kier alpha value is -4.15. The summed E-state index contributed by atoms with van der Waals surface area (Å²) >= 11 is 0. The molecule has 33 heavy (non-hydrogen) atoms. The molecule has 1 aromatic carbocycles. The topological polar surface area (TPSA) is 170 Å². The number of rotatable bonds is 9. The number of amides is 3. The van der Waals surface area contributed by atoms with Gasteiger partial charge in [-0.1, -0.05) is 19.1 Å². The van der Waals surface area contributed by atoms with E-state index in [1.165, 1.54) is 41.5 Å². The number of nitrogen functional groups attached to an aromatic ring is 1. The normalized spacial score (nSPS) is 17.1. The molecule has 0 radical (unpaired) electrons. The van der Waals surface area contributed by atoms with Gasteiger partial charge in [-0.15, -0.1) is 0 Å². The molecule has 1 aliphatic heterocycles. The van der Waals surface area contributed by atoms with E-state index in [9.17, 15) is 24.3 Å². The Kier molecular flexibility index (Phi) is 7.11. The third kappa shape index (κ3) is 5.20. The van der Waals surface area contributed by atoms with Crippen LogP contribution in [0.25, 0.3) is 0 Å². The van der Waals surface area contributed by atoms with Gasteiger partial charge in [0.25, 0.3) is 5.91 Å². The summed E-state index contributed by atoms with van der Waals surface area (Å²) in [7, 11) is 0. The van der Waals surface area contributed by atoms with Crippen molar-refractivity contribution in [3.63, 3.8) is 0 Å². The SMILES string of the molecule is CCCN1C(=O)C(=O)N(C(CC(=O)O)c2ccco2)CC1NC(=O)c1ccc(C(=N)N)cc1. The highest BCUT2D eigenvalue weighted by atomic mass is 16.4. The first kappa shape index (κ1) is 23.5. The lowest BCUT2D eigenvalue weighted by Crippen LogP contribution is -2.65. The second-order valence-corrected chi connectivity index (χ2v) is 7.57. The maximum atomic E-state index is 12.9. The highest BCUT2D eigenvalue weighted by Gasteiger charge is 2.43. The first-order valence-electron chi connectivity index (χ1n) is 10.3. The van der Waals surface area contributed by atoms with Crippen LogP contribution in [-0.4, -0.2) is 63.7 Å². The molecular formula is C22H25N5O6. The van der Waals surface area contributed by atoms with Crippen molar-refractivity contribution >= 4 is 29.5 Å². The van der Waals surface area contributed by atoms with Crippen molar-refractivity contribution in [3.8, 4) is 0 Å². The highest BCUT2D eigenvalue weighted by molar-refractivity contribution is 6.35. The van der Waals surface area contributed by atoms with Gasteiger partial charge in [0.05, 0.1) is 19.2 Å². The molecule has 0 bridgehead atoms. The zero-order valence-electron chi connectivity index (χ0n) is 18.0. The standard InChI is InChI=1S/C22H25N5O6/c1-2-9-26-17(25-20(30)14-7-5-13(6-8-14)19(23)24)12-27(22(32)21(26)31)15(11-18(28)29)16-4-3-10-33-16/h3-8,10,15,17H,2,9,11-12H2,1H3,(H3,23,24)(H,25,30)(H,28,29). The quantitative estimate of drug-likeness (QED) is 0.247. The molecule has 2 aromatic rings. The molecule has 174 valence electrons. The van der Waals surface area contributed by atoms with E-state index in [1.807, 2.05) is 6.92 Å². The second-order valence-electron chi connectivity index (χ2n) is 7.57. The van der Waals surface area contributed by atoms with Crippen molar-refractivity contribution in [3.05, 3.63) is 59.5 Å². The van der Waals surface area contributed by atoms with Crippen LogP contribution in [0.1, 0.15) is 47.5 Å². The van der Waals surface area contributed by atoms with E-state index in [2.05, 4.69) is 5.32 Å². The van der Waals surface area contributed by atoms with E-state index in [4.69, 9.17) is 15.6 Å². The molecule has 11 nitrogen and oxygen atoms in total. The molecule has 1 aliphatic rings. The minimum Gasteiger partial charge on any atom is -0.481 e. The van der Waals surface area contributed by atoms with E-state index in [0.29, 0.717) is 12.0 Å². The van der Waals surface area contributed by atoms with Crippen LogP contribution in [0.2, 0.25) is 0 Å². The summed E-state index contributed by atoms with van der Waals surface area (Å²) < 4.78 is 5.33. The van der Waals surface area contributed by atoms with Gasteiger partial charge in [-0.2, -0.15) is 0 Å². The molecule has 2 heterocycles. The fourth-order valence-electron chi connectivity index (χ4n) is 3.69. The molecule has 0 aliphatic carbocycles. The number of carboxylic acid groups (broad SMARTS) is 1. The molecule has 1 fully saturated rings. The van der Waals surface area contributed by atoms with E-state index in [1.54, 1.807) is 6.07 Å². The molecule has 0 spiro atoms. The Morgan fingerprint density at radius 2 is 1.88 bits per heavy atom. The maximum absolute atomic E-state index is 12.9. The van der Waals surface area contributed by atoms with Gasteiger partial charge in [-0.3, -0.25) is 24.6 Å². The maximum Gasteiger partial charge on any atom is 0.313 e. The Bertz CT molecular complexity index is 1050. The monoisotopic (exact) mass is 455 g/mol. The Labute approximate surface area is 189 Å². The molecule has 11 heteroatoms. The van der Waals surface area contributed by atoms with Crippen LogP contribution in [0.3, 0.4) is 0 Å². The van der Waals surface area contributed by atoms with Crippen LogP contribution in [0, 0.1) is 5.41 Å². The smallest absolute Gasteiger partial charge is 0.313 e.